The zero-order chi connectivity index (χ0) is 5.91. The lowest BCUT2D eigenvalue weighted by Crippen LogP contribution is -2.03. The molecule has 0 aromatic heterocycles. The molecule has 0 bridgehead atoms. The average Bonchev–Trinajstić information content (AvgIpc) is 1.30. The van der Waals surface area contributed by atoms with E-state index in [1.165, 1.54) is 6.92 Å². The number of halogens is 2. The molecule has 0 amide bonds. The highest BCUT2D eigenvalue weighted by atomic mass is 35.5. The summed E-state index contributed by atoms with van der Waals surface area (Å²) in [6.07, 6.45) is 0. The third-order valence-electron chi connectivity index (χ3n) is 0.198. The first-order valence-corrected chi connectivity index (χ1v) is 2.93. The molecule has 5 heteroatoms. The zero-order valence-corrected chi connectivity index (χ0v) is 5.93. The molecule has 7 heavy (non-hydrogen) atoms. The van der Waals surface area contributed by atoms with Crippen molar-refractivity contribution in [2.24, 2.45) is 0 Å². The van der Waals surface area contributed by atoms with Crippen LogP contribution in [0.4, 0.5) is 0 Å². The average molecular weight is 161 g/mol. The Bertz CT molecular complexity index is 68.6. The van der Waals surface area contributed by atoms with Crippen LogP contribution >= 0.6 is 31.9 Å². The maximum Gasteiger partial charge on any atom is 0.330 e. The van der Waals surface area contributed by atoms with Gasteiger partial charge in [0.1, 0.15) is 0 Å². The van der Waals surface area contributed by atoms with Crippen molar-refractivity contribution in [1.29, 1.82) is 0 Å². The lowest BCUT2D eigenvalue weighted by atomic mass is 10.9. The van der Waals surface area contributed by atoms with Crippen LogP contribution in [0, 0.1) is 0 Å². The Morgan fingerprint density at radius 2 is 2.14 bits per heavy atom. The van der Waals surface area contributed by atoms with Crippen molar-refractivity contribution in [3.8, 4) is 0 Å². The van der Waals surface area contributed by atoms with Gasteiger partial charge in [-0.15, -0.1) is 0 Å². The Morgan fingerprint density at radius 1 is 1.71 bits per heavy atom. The highest BCUT2D eigenvalue weighted by molar-refractivity contribution is 7.17. The first-order valence-electron chi connectivity index (χ1n) is 1.45. The highest BCUT2D eigenvalue weighted by Crippen LogP contribution is 2.25. The predicted molar refractivity (Wildman–Crippen MR) is 28.8 cm³/mol. The van der Waals surface area contributed by atoms with Crippen LogP contribution in [0.3, 0.4) is 0 Å². The number of rotatable bonds is 2. The highest BCUT2D eigenvalue weighted by Gasteiger charge is 2.15. The summed E-state index contributed by atoms with van der Waals surface area (Å²) in [4.78, 5) is 0. The molecule has 2 nitrogen and oxygen atoms in total. The molecule has 0 aromatic carbocycles. The molecular formula is C2H3Cl2O2P. The molecule has 0 heterocycles. The van der Waals surface area contributed by atoms with Gasteiger partial charge in [-0.05, 0) is 6.92 Å². The second kappa shape index (κ2) is 2.83. The molecule has 0 saturated carbocycles. The summed E-state index contributed by atoms with van der Waals surface area (Å²) in [6, 6.07) is 0. The second-order valence-corrected chi connectivity index (χ2v) is 2.94. The van der Waals surface area contributed by atoms with Crippen LogP contribution in [0.1, 0.15) is 6.92 Å². The molecule has 0 aliphatic heterocycles. The van der Waals surface area contributed by atoms with Gasteiger partial charge in [0.05, 0.1) is 0 Å². The van der Waals surface area contributed by atoms with Crippen LogP contribution in [-0.4, -0.2) is 4.52 Å². The fourth-order valence-electron chi connectivity index (χ4n) is 0.0654. The second-order valence-electron chi connectivity index (χ2n) is 0.974. The summed E-state index contributed by atoms with van der Waals surface area (Å²) >= 11 is 10.3. The normalized spacial score (nSPS) is 12.4. The minimum atomic E-state index is -1.33. The summed E-state index contributed by atoms with van der Waals surface area (Å²) in [5.74, 6) is 0. The summed E-state index contributed by atoms with van der Waals surface area (Å²) in [5, 5.41) is 0. The monoisotopic (exact) mass is 160 g/mol. The van der Waals surface area contributed by atoms with Crippen molar-refractivity contribution < 1.29 is 9.09 Å². The molecule has 0 unspecified atom stereocenters. The minimum Gasteiger partial charge on any atom is -0.256 e. The summed E-state index contributed by atoms with van der Waals surface area (Å²) in [6.45, 7) is 1.38. The van der Waals surface area contributed by atoms with Gasteiger partial charge in [-0.25, -0.2) is 4.57 Å². The van der Waals surface area contributed by atoms with E-state index in [9.17, 15) is 4.57 Å². The summed E-state index contributed by atoms with van der Waals surface area (Å²) < 4.78 is 12.4. The van der Waals surface area contributed by atoms with Gasteiger partial charge in [-0.3, -0.25) is 4.52 Å². The quantitative estimate of drug-likeness (QED) is 0.458. The molecule has 0 atom stereocenters. The van der Waals surface area contributed by atoms with Gasteiger partial charge in [0, 0.05) is 0 Å². The number of hydrogen-bond donors (Lipinski definition) is 0. The Kier molecular flexibility index (Phi) is 3.09. The third kappa shape index (κ3) is 6.64. The van der Waals surface area contributed by atoms with Crippen molar-refractivity contribution in [2.45, 2.75) is 11.4 Å². The summed E-state index contributed by atoms with van der Waals surface area (Å²) in [5.41, 5.74) is 0. The molecule has 42 valence electrons. The van der Waals surface area contributed by atoms with Gasteiger partial charge in [-0.1, -0.05) is 23.2 Å². The Labute approximate surface area is 53.0 Å². The Hall–Kier alpha value is 0.640. The molecule has 0 aliphatic rings. The van der Waals surface area contributed by atoms with Crippen LogP contribution < -0.4 is 0 Å². The van der Waals surface area contributed by atoms with Gasteiger partial charge in [0.15, 0.2) is 0 Å². The van der Waals surface area contributed by atoms with Gasteiger partial charge in [0.25, 0.3) is 0 Å². The van der Waals surface area contributed by atoms with E-state index in [0.29, 0.717) is 0 Å². The lowest BCUT2D eigenvalue weighted by Gasteiger charge is -2.04. The van der Waals surface area contributed by atoms with Gasteiger partial charge >= 0.3 is 8.69 Å². The fourth-order valence-corrected chi connectivity index (χ4v) is 0.365. The van der Waals surface area contributed by atoms with Crippen molar-refractivity contribution in [1.82, 2.24) is 0 Å². The molecule has 0 aromatic rings. The van der Waals surface area contributed by atoms with Crippen molar-refractivity contribution in [2.75, 3.05) is 0 Å². The van der Waals surface area contributed by atoms with Gasteiger partial charge in [-0.2, -0.15) is 0 Å². The fraction of sp³-hybridized carbons (Fsp3) is 1.00. The molecule has 0 aliphatic carbocycles. The molecule has 0 radical (unpaired) electrons. The van der Waals surface area contributed by atoms with Gasteiger partial charge in [0.2, 0.25) is 4.52 Å². The number of alkyl halides is 2. The minimum absolute atomic E-state index is 0.505. The Balaban J connectivity index is 3.34. The molecule has 0 spiro atoms. The van der Waals surface area contributed by atoms with E-state index in [4.69, 9.17) is 23.2 Å². The van der Waals surface area contributed by atoms with Crippen LogP contribution in [0.15, 0.2) is 0 Å². The van der Waals surface area contributed by atoms with E-state index in [2.05, 4.69) is 4.52 Å². The third-order valence-corrected chi connectivity index (χ3v) is 1.01. The van der Waals surface area contributed by atoms with Gasteiger partial charge < -0.3 is 0 Å². The maximum atomic E-state index is 9.53. The van der Waals surface area contributed by atoms with Crippen LogP contribution in [0.25, 0.3) is 0 Å². The van der Waals surface area contributed by atoms with E-state index < -0.39 is 13.2 Å². The molecular weight excluding hydrogens is 158 g/mol. The smallest absolute Gasteiger partial charge is 0.256 e. The first kappa shape index (κ1) is 7.64. The number of hydrogen-bond acceptors (Lipinski definition) is 2. The van der Waals surface area contributed by atoms with Crippen molar-refractivity contribution >= 4 is 31.9 Å². The van der Waals surface area contributed by atoms with E-state index in [1.807, 2.05) is 0 Å². The predicted octanol–water partition coefficient (Wildman–Crippen LogP) is 2.36. The topological polar surface area (TPSA) is 26.3 Å². The van der Waals surface area contributed by atoms with Crippen molar-refractivity contribution in [3.63, 3.8) is 0 Å². The van der Waals surface area contributed by atoms with Crippen molar-refractivity contribution in [3.05, 3.63) is 0 Å². The molecule has 0 fully saturated rings. The van der Waals surface area contributed by atoms with E-state index in [1.54, 1.807) is 0 Å². The molecule has 0 saturated heterocycles. The largest absolute Gasteiger partial charge is 0.330 e. The van der Waals surface area contributed by atoms with E-state index >= 15 is 0 Å². The summed E-state index contributed by atoms with van der Waals surface area (Å²) in [7, 11) is -0.505. The zero-order valence-electron chi connectivity index (χ0n) is 3.52. The molecule has 0 rings (SSSR count). The maximum absolute atomic E-state index is 9.53. The standard InChI is InChI=1S/C2H3Cl2O2P/c1-2(3,4)6-7-5/h1H3. The van der Waals surface area contributed by atoms with E-state index in [-0.39, 0.29) is 0 Å². The van der Waals surface area contributed by atoms with E-state index in [0.717, 1.165) is 0 Å². The van der Waals surface area contributed by atoms with Crippen LogP contribution in [0.5, 0.6) is 0 Å². The Morgan fingerprint density at radius 3 is 2.14 bits per heavy atom. The SMILES string of the molecule is CC(Cl)(Cl)OP=O. The molecule has 0 N–H and O–H groups in total. The van der Waals surface area contributed by atoms with Crippen LogP contribution in [0.2, 0.25) is 0 Å². The van der Waals surface area contributed by atoms with Crippen LogP contribution in [-0.2, 0) is 9.09 Å². The lowest BCUT2D eigenvalue weighted by molar-refractivity contribution is 0.288. The first-order chi connectivity index (χ1) is 3.06.